The van der Waals surface area contributed by atoms with Gasteiger partial charge in [-0.1, -0.05) is 44.2 Å². The highest BCUT2D eigenvalue weighted by molar-refractivity contribution is 7.89. The number of ether oxygens (including phenoxy) is 3. The monoisotopic (exact) mass is 553 g/mol. The molecule has 2 aliphatic heterocycles. The molecule has 4 N–H and O–H groups in total. The Hall–Kier alpha value is -2.70. The van der Waals surface area contributed by atoms with E-state index in [-0.39, 0.29) is 23.8 Å². The molecule has 0 aliphatic carbocycles. The summed E-state index contributed by atoms with van der Waals surface area (Å²) in [5, 5.41) is 13.9. The highest BCUT2D eigenvalue weighted by Crippen LogP contribution is 2.33. The van der Waals surface area contributed by atoms with Crippen LogP contribution in [0.2, 0.25) is 0 Å². The number of sulfonamides is 1. The molecule has 0 radical (unpaired) electrons. The van der Waals surface area contributed by atoms with Gasteiger partial charge in [0.25, 0.3) is 0 Å². The fourth-order valence-corrected chi connectivity index (χ4v) is 5.76. The lowest BCUT2D eigenvalue weighted by Crippen LogP contribution is -2.51. The molecule has 0 aromatic heterocycles. The van der Waals surface area contributed by atoms with Crippen LogP contribution in [0.4, 0.5) is 10.5 Å². The molecule has 2 aliphatic rings. The normalized spacial score (nSPS) is 31.7. The SMILES string of the molecule is [2H]C1([2H])O[C@@H]2OC[C@]([2H])(OC(=O)N[C@@H](Cc3ccccc3)[C@H](O)CN(CC(C)C)S(=O)(=O)c3ccc(N)cc3)[C@]2([2H])C1([2H])[2H]. The van der Waals surface area contributed by atoms with Crippen molar-refractivity contribution in [1.29, 1.82) is 0 Å². The number of aliphatic hydroxyl groups excluding tert-OH is 1. The van der Waals surface area contributed by atoms with E-state index in [1.807, 2.05) is 13.8 Å². The van der Waals surface area contributed by atoms with E-state index in [0.29, 0.717) is 11.3 Å². The van der Waals surface area contributed by atoms with E-state index in [0.717, 1.165) is 4.31 Å². The average Bonchev–Trinajstić information content (AvgIpc) is 3.25. The maximum atomic E-state index is 13.6. The smallest absolute Gasteiger partial charge is 0.407 e. The fourth-order valence-electron chi connectivity index (χ4n) is 4.13. The molecule has 2 saturated heterocycles. The number of hydrogen-bond acceptors (Lipinski definition) is 8. The van der Waals surface area contributed by atoms with Crippen molar-refractivity contribution in [2.24, 2.45) is 11.8 Å². The standard InChI is InChI=1S/C27H37N3O7S/c1-18(2)15-30(38(33,34)21-10-8-20(28)9-11-21)16-24(31)23(14-19-6-4-3-5-7-19)29-27(32)37-25-17-36-26-22(25)12-13-35-26/h3-11,18,22-26,31H,12-17,28H2,1-2H3,(H,29,32)/t22-,23-,24+,25-,26+/m0/s1/i12D2,13D2,22D,25D. The zero-order valence-corrected chi connectivity index (χ0v) is 22.0. The van der Waals surface area contributed by atoms with E-state index in [9.17, 15) is 18.3 Å². The van der Waals surface area contributed by atoms with Gasteiger partial charge in [-0.25, -0.2) is 13.2 Å². The lowest BCUT2D eigenvalue weighted by molar-refractivity contribution is -0.0907. The van der Waals surface area contributed by atoms with Crippen molar-refractivity contribution in [2.75, 3.05) is 32.0 Å². The first-order chi connectivity index (χ1) is 20.3. The van der Waals surface area contributed by atoms with Crippen LogP contribution in [0.5, 0.6) is 0 Å². The van der Waals surface area contributed by atoms with Gasteiger partial charge in [-0.05, 0) is 48.5 Å². The summed E-state index contributed by atoms with van der Waals surface area (Å²) >= 11 is 0. The number of nitrogens with two attached hydrogens (primary N) is 1. The van der Waals surface area contributed by atoms with Crippen LogP contribution < -0.4 is 11.1 Å². The third-order valence-corrected chi connectivity index (χ3v) is 7.86. The van der Waals surface area contributed by atoms with Crippen LogP contribution in [-0.2, 0) is 30.7 Å². The Morgan fingerprint density at radius 3 is 2.61 bits per heavy atom. The molecule has 0 saturated carbocycles. The van der Waals surface area contributed by atoms with Crippen molar-refractivity contribution < 1.29 is 40.8 Å². The Balaban J connectivity index is 1.59. The summed E-state index contributed by atoms with van der Waals surface area (Å²) in [4.78, 5) is 13.2. The molecule has 38 heavy (non-hydrogen) atoms. The molecular formula is C27H37N3O7S. The summed E-state index contributed by atoms with van der Waals surface area (Å²) < 4.78 is 93.0. The van der Waals surface area contributed by atoms with Crippen molar-refractivity contribution >= 4 is 21.8 Å². The second kappa shape index (κ2) is 12.4. The Bertz CT molecular complexity index is 1440. The van der Waals surface area contributed by atoms with Crippen molar-refractivity contribution in [3.8, 4) is 0 Å². The van der Waals surface area contributed by atoms with Gasteiger partial charge in [0.05, 0.1) is 40.2 Å². The highest BCUT2D eigenvalue weighted by Gasteiger charge is 2.44. The first-order valence-corrected chi connectivity index (χ1v) is 13.6. The number of benzene rings is 2. The van der Waals surface area contributed by atoms with Crippen molar-refractivity contribution in [3.05, 3.63) is 60.2 Å². The Labute approximate surface area is 232 Å². The molecule has 0 unspecified atom stereocenters. The zero-order valence-electron chi connectivity index (χ0n) is 27.2. The number of nitrogen functional groups attached to an aromatic ring is 1. The topological polar surface area (TPSA) is 140 Å². The van der Waals surface area contributed by atoms with Gasteiger partial charge in [0.1, 0.15) is 6.08 Å². The lowest BCUT2D eigenvalue weighted by Gasteiger charge is -2.31. The van der Waals surface area contributed by atoms with Gasteiger partial charge in [-0.15, -0.1) is 0 Å². The third kappa shape index (κ3) is 7.03. The number of nitrogens with one attached hydrogen (secondary N) is 1. The number of carbonyl (C=O) groups excluding carboxylic acids is 1. The van der Waals surface area contributed by atoms with E-state index in [2.05, 4.69) is 5.32 Å². The van der Waals surface area contributed by atoms with Gasteiger partial charge >= 0.3 is 6.09 Å². The number of anilines is 1. The fraction of sp³-hybridized carbons (Fsp3) is 0.519. The summed E-state index contributed by atoms with van der Waals surface area (Å²) in [6.45, 7) is -0.557. The predicted octanol–water partition coefficient (Wildman–Crippen LogP) is 2.38. The van der Waals surface area contributed by atoms with Gasteiger partial charge in [0, 0.05) is 22.9 Å². The van der Waals surface area contributed by atoms with E-state index in [1.165, 1.54) is 24.3 Å². The second-order valence-electron chi connectivity index (χ2n) is 9.51. The van der Waals surface area contributed by atoms with E-state index in [1.54, 1.807) is 30.3 Å². The van der Waals surface area contributed by atoms with Crippen molar-refractivity contribution in [3.63, 3.8) is 0 Å². The number of carbonyl (C=O) groups is 1. The number of hydrogen-bond donors (Lipinski definition) is 3. The van der Waals surface area contributed by atoms with Crippen LogP contribution in [0.3, 0.4) is 0 Å². The summed E-state index contributed by atoms with van der Waals surface area (Å²) in [5.41, 5.74) is 6.76. The highest BCUT2D eigenvalue weighted by atomic mass is 32.2. The summed E-state index contributed by atoms with van der Waals surface area (Å²) in [7, 11) is -4.10. The maximum absolute atomic E-state index is 13.6. The average molecular weight is 554 g/mol. The molecule has 0 bridgehead atoms. The molecule has 5 atom stereocenters. The van der Waals surface area contributed by atoms with Crippen LogP contribution in [0.1, 0.15) is 34.0 Å². The van der Waals surface area contributed by atoms with Crippen molar-refractivity contribution in [1.82, 2.24) is 9.62 Å². The second-order valence-corrected chi connectivity index (χ2v) is 11.4. The molecule has 2 aromatic rings. The largest absolute Gasteiger partial charge is 0.443 e. The molecule has 2 fully saturated rings. The van der Waals surface area contributed by atoms with E-state index in [4.69, 9.17) is 28.2 Å². The van der Waals surface area contributed by atoms with Crippen LogP contribution in [0.25, 0.3) is 0 Å². The number of rotatable bonds is 11. The number of aliphatic hydroxyl groups is 1. The molecule has 208 valence electrons. The van der Waals surface area contributed by atoms with E-state index >= 15 is 0 Å². The molecule has 2 aromatic carbocycles. The third-order valence-electron chi connectivity index (χ3n) is 6.01. The summed E-state index contributed by atoms with van der Waals surface area (Å²) in [6, 6.07) is 13.1. The molecule has 11 heteroatoms. The van der Waals surface area contributed by atoms with Gasteiger partial charge in [-0.3, -0.25) is 0 Å². The Kier molecular flexibility index (Phi) is 6.93. The quantitative estimate of drug-likeness (QED) is 0.360. The van der Waals surface area contributed by atoms with Crippen molar-refractivity contribution in [2.45, 2.75) is 56.1 Å². The lowest BCUT2D eigenvalue weighted by atomic mass is 10.0. The minimum Gasteiger partial charge on any atom is -0.443 e. The van der Waals surface area contributed by atoms with Gasteiger partial charge in [0.15, 0.2) is 6.29 Å². The van der Waals surface area contributed by atoms with Gasteiger partial charge in [-0.2, -0.15) is 4.31 Å². The summed E-state index contributed by atoms with van der Waals surface area (Å²) in [5.74, 6) is -2.93. The van der Waals surface area contributed by atoms with Gasteiger partial charge in [0.2, 0.25) is 10.0 Å². The summed E-state index contributed by atoms with van der Waals surface area (Å²) in [6.07, 6.45) is -10.5. The Morgan fingerprint density at radius 1 is 1.21 bits per heavy atom. The number of fused-ring (bicyclic) bond motifs is 1. The van der Waals surface area contributed by atoms with Gasteiger partial charge < -0.3 is 30.4 Å². The van der Waals surface area contributed by atoms with Crippen LogP contribution in [-0.4, -0.2) is 74.7 Å². The molecule has 2 heterocycles. The number of amides is 1. The number of alkyl carbamates (subject to hydrolysis) is 1. The van der Waals surface area contributed by atoms with Crippen LogP contribution in [0, 0.1) is 11.8 Å². The maximum Gasteiger partial charge on any atom is 0.407 e. The Morgan fingerprint density at radius 2 is 1.92 bits per heavy atom. The minimum atomic E-state index is -4.10. The molecular weight excluding hydrogens is 510 g/mol. The van der Waals surface area contributed by atoms with Crippen LogP contribution in [0.15, 0.2) is 59.5 Å². The first-order valence-electron chi connectivity index (χ1n) is 15.2. The molecule has 4 rings (SSSR count). The zero-order chi connectivity index (χ0) is 32.7. The van der Waals surface area contributed by atoms with Crippen LogP contribution >= 0.6 is 0 Å². The molecule has 0 spiro atoms. The number of nitrogens with zero attached hydrogens (tertiary/aromatic N) is 1. The first kappa shape index (κ1) is 21.2. The molecule has 1 amide bonds. The van der Waals surface area contributed by atoms with E-state index < -0.39 is 72.6 Å². The molecule has 10 nitrogen and oxygen atoms in total. The predicted molar refractivity (Wildman–Crippen MR) is 142 cm³/mol. The minimum absolute atomic E-state index is 0.0111.